The van der Waals surface area contributed by atoms with Gasteiger partial charge >= 0.3 is 0 Å². The third kappa shape index (κ3) is 5.92. The van der Waals surface area contributed by atoms with E-state index >= 15 is 0 Å². The minimum Gasteiger partial charge on any atom is -0.292 e. The Hall–Kier alpha value is -0.0800. The molecule has 0 saturated heterocycles. The molecule has 2 heteroatoms. The summed E-state index contributed by atoms with van der Waals surface area (Å²) in [5.74, 6) is 0. The van der Waals surface area contributed by atoms with Crippen LogP contribution in [-0.2, 0) is 0 Å². The highest BCUT2D eigenvalue weighted by molar-refractivity contribution is 4.53. The maximum absolute atomic E-state index is 2.00. The molecule has 7 heavy (non-hydrogen) atoms. The average Bonchev–Trinajstić information content (AvgIpc) is 1.27. The van der Waals surface area contributed by atoms with Gasteiger partial charge in [0.2, 0.25) is 0 Å². The standard InChI is InChI=1S/C5H13N2/c1-6(2)5-7(3)4/h5H,1-4H3. The Morgan fingerprint density at radius 3 is 1.14 bits per heavy atom. The molecule has 0 bridgehead atoms. The molecular weight excluding hydrogens is 88.1 g/mol. The van der Waals surface area contributed by atoms with Gasteiger partial charge in [-0.3, -0.25) is 9.80 Å². The second-order valence-corrected chi connectivity index (χ2v) is 2.04. The first-order valence-electron chi connectivity index (χ1n) is 2.31. The van der Waals surface area contributed by atoms with Crippen LogP contribution in [0.2, 0.25) is 0 Å². The van der Waals surface area contributed by atoms with Gasteiger partial charge in [-0.15, -0.1) is 0 Å². The van der Waals surface area contributed by atoms with E-state index in [0.717, 1.165) is 0 Å². The van der Waals surface area contributed by atoms with Gasteiger partial charge in [0.25, 0.3) is 0 Å². The van der Waals surface area contributed by atoms with E-state index in [1.165, 1.54) is 0 Å². The molecule has 0 N–H and O–H groups in total. The molecule has 0 heterocycles. The van der Waals surface area contributed by atoms with Crippen molar-refractivity contribution in [2.24, 2.45) is 0 Å². The molecule has 0 spiro atoms. The van der Waals surface area contributed by atoms with Gasteiger partial charge in [-0.25, -0.2) is 0 Å². The molecule has 1 radical (unpaired) electrons. The van der Waals surface area contributed by atoms with E-state index in [2.05, 4.69) is 0 Å². The predicted molar refractivity (Wildman–Crippen MR) is 31.7 cm³/mol. The molecule has 0 aromatic carbocycles. The quantitative estimate of drug-likeness (QED) is 0.491. The van der Waals surface area contributed by atoms with Crippen molar-refractivity contribution < 1.29 is 0 Å². The summed E-state index contributed by atoms with van der Waals surface area (Å²) >= 11 is 0. The van der Waals surface area contributed by atoms with Gasteiger partial charge in [0.05, 0.1) is 6.67 Å². The zero-order valence-electron chi connectivity index (χ0n) is 5.47. The highest BCUT2D eigenvalue weighted by Gasteiger charge is 1.88. The molecule has 0 saturated carbocycles. The molecule has 0 aliphatic heterocycles. The number of rotatable bonds is 2. The Kier molecular flexibility index (Phi) is 2.96. The second kappa shape index (κ2) is 2.99. The van der Waals surface area contributed by atoms with Crippen LogP contribution in [0.15, 0.2) is 0 Å². The van der Waals surface area contributed by atoms with Crippen LogP contribution in [0.1, 0.15) is 0 Å². The lowest BCUT2D eigenvalue weighted by Gasteiger charge is -2.13. The topological polar surface area (TPSA) is 6.48 Å². The van der Waals surface area contributed by atoms with E-state index in [-0.39, 0.29) is 0 Å². The molecule has 2 nitrogen and oxygen atoms in total. The summed E-state index contributed by atoms with van der Waals surface area (Å²) in [6.07, 6.45) is 0. The van der Waals surface area contributed by atoms with Crippen molar-refractivity contribution in [1.82, 2.24) is 9.80 Å². The van der Waals surface area contributed by atoms with E-state index in [4.69, 9.17) is 0 Å². The fraction of sp³-hybridized carbons (Fsp3) is 0.800. The Labute approximate surface area is 45.7 Å². The van der Waals surface area contributed by atoms with E-state index in [9.17, 15) is 0 Å². The van der Waals surface area contributed by atoms with Gasteiger partial charge in [-0.2, -0.15) is 0 Å². The minimum absolute atomic E-state index is 2.00. The van der Waals surface area contributed by atoms with Crippen LogP contribution in [0, 0.1) is 6.67 Å². The number of hydrogen-bond acceptors (Lipinski definition) is 2. The zero-order chi connectivity index (χ0) is 5.86. The van der Waals surface area contributed by atoms with E-state index in [0.29, 0.717) is 0 Å². The van der Waals surface area contributed by atoms with Crippen LogP contribution >= 0.6 is 0 Å². The van der Waals surface area contributed by atoms with Crippen LogP contribution in [0.5, 0.6) is 0 Å². The van der Waals surface area contributed by atoms with Crippen molar-refractivity contribution in [3.63, 3.8) is 0 Å². The predicted octanol–water partition coefficient (Wildman–Crippen LogP) is 0.229. The molecule has 0 aliphatic rings. The molecule has 0 unspecified atom stereocenters. The first-order chi connectivity index (χ1) is 3.13. The third-order valence-electron chi connectivity index (χ3n) is 0.462. The van der Waals surface area contributed by atoms with Crippen LogP contribution in [0.25, 0.3) is 0 Å². The van der Waals surface area contributed by atoms with Crippen LogP contribution in [0.3, 0.4) is 0 Å². The Morgan fingerprint density at radius 1 is 0.857 bits per heavy atom. The largest absolute Gasteiger partial charge is 0.292 e. The van der Waals surface area contributed by atoms with Crippen molar-refractivity contribution in [2.75, 3.05) is 28.2 Å². The van der Waals surface area contributed by atoms with E-state index < -0.39 is 0 Å². The van der Waals surface area contributed by atoms with Crippen LogP contribution in [0.4, 0.5) is 0 Å². The fourth-order valence-corrected chi connectivity index (χ4v) is 0.462. The van der Waals surface area contributed by atoms with Crippen LogP contribution < -0.4 is 0 Å². The molecular formula is C5H13N2. The Morgan fingerprint density at radius 2 is 1.14 bits per heavy atom. The van der Waals surface area contributed by atoms with Gasteiger partial charge in [0.1, 0.15) is 0 Å². The first-order valence-corrected chi connectivity index (χ1v) is 2.31. The molecule has 0 aliphatic carbocycles. The van der Waals surface area contributed by atoms with E-state index in [1.807, 2.05) is 44.7 Å². The summed E-state index contributed by atoms with van der Waals surface area (Å²) in [5, 5.41) is 0. The van der Waals surface area contributed by atoms with Gasteiger partial charge in [-0.05, 0) is 28.2 Å². The Balaban J connectivity index is 2.95. The maximum atomic E-state index is 2.00. The highest BCUT2D eigenvalue weighted by Crippen LogP contribution is 1.82. The lowest BCUT2D eigenvalue weighted by atomic mass is 10.8. The summed E-state index contributed by atoms with van der Waals surface area (Å²) < 4.78 is 0. The van der Waals surface area contributed by atoms with Crippen molar-refractivity contribution in [3.05, 3.63) is 6.67 Å². The normalized spacial score (nSPS) is 11.1. The zero-order valence-corrected chi connectivity index (χ0v) is 5.47. The lowest BCUT2D eigenvalue weighted by molar-refractivity contribution is 0.329. The van der Waals surface area contributed by atoms with Gasteiger partial charge < -0.3 is 0 Å². The number of nitrogens with zero attached hydrogens (tertiary/aromatic N) is 2. The molecule has 0 fully saturated rings. The monoisotopic (exact) mass is 101 g/mol. The molecule has 0 amide bonds. The summed E-state index contributed by atoms with van der Waals surface area (Å²) in [6, 6.07) is 0. The molecule has 0 atom stereocenters. The average molecular weight is 101 g/mol. The van der Waals surface area contributed by atoms with Gasteiger partial charge in [0.15, 0.2) is 0 Å². The molecule has 0 rings (SSSR count). The van der Waals surface area contributed by atoms with Crippen molar-refractivity contribution in [2.45, 2.75) is 0 Å². The fourth-order valence-electron chi connectivity index (χ4n) is 0.462. The smallest absolute Gasteiger partial charge is 0.0911 e. The molecule has 0 aromatic rings. The van der Waals surface area contributed by atoms with Gasteiger partial charge in [-0.1, -0.05) is 0 Å². The highest BCUT2D eigenvalue weighted by atomic mass is 15.2. The van der Waals surface area contributed by atoms with E-state index in [1.54, 1.807) is 0 Å². The molecule has 0 aromatic heterocycles. The number of hydrogen-bond donors (Lipinski definition) is 0. The lowest BCUT2D eigenvalue weighted by Crippen LogP contribution is -2.20. The van der Waals surface area contributed by atoms with Crippen molar-refractivity contribution in [1.29, 1.82) is 0 Å². The molecule has 43 valence electrons. The summed E-state index contributed by atoms with van der Waals surface area (Å²) in [5.41, 5.74) is 0. The SMILES string of the molecule is CN(C)[CH]N(C)C. The first kappa shape index (κ1) is 6.92. The Bertz CT molecular complexity index is 35.3. The third-order valence-corrected chi connectivity index (χ3v) is 0.462. The maximum Gasteiger partial charge on any atom is 0.0911 e. The summed E-state index contributed by atoms with van der Waals surface area (Å²) in [7, 11) is 8.00. The van der Waals surface area contributed by atoms with Gasteiger partial charge in [0, 0.05) is 0 Å². The van der Waals surface area contributed by atoms with Crippen LogP contribution in [-0.4, -0.2) is 38.0 Å². The summed E-state index contributed by atoms with van der Waals surface area (Å²) in [6.45, 7) is 2.00. The summed E-state index contributed by atoms with van der Waals surface area (Å²) in [4.78, 5) is 4.00. The minimum atomic E-state index is 2.00. The van der Waals surface area contributed by atoms with Crippen molar-refractivity contribution in [3.8, 4) is 0 Å². The second-order valence-electron chi connectivity index (χ2n) is 2.04. The van der Waals surface area contributed by atoms with Crippen molar-refractivity contribution >= 4 is 0 Å².